The lowest BCUT2D eigenvalue weighted by molar-refractivity contribution is -0.925. The molecule has 0 saturated heterocycles. The van der Waals surface area contributed by atoms with Crippen LogP contribution in [0.1, 0.15) is 77.1 Å². The number of rotatable bonds is 18. The average molecular weight is 500 g/mol. The van der Waals surface area contributed by atoms with E-state index in [0.29, 0.717) is 35.8 Å². The molecule has 1 rings (SSSR count). The number of anilines is 1. The Morgan fingerprint density at radius 3 is 2.17 bits per heavy atom. The summed E-state index contributed by atoms with van der Waals surface area (Å²) >= 11 is 0. The van der Waals surface area contributed by atoms with Crippen LogP contribution in [0.3, 0.4) is 0 Å². The summed E-state index contributed by atoms with van der Waals surface area (Å²) in [6, 6.07) is 6.76. The van der Waals surface area contributed by atoms with Crippen LogP contribution in [0.15, 0.2) is 60.4 Å². The molecular weight excluding hydrogens is 452 g/mol. The number of benzene rings is 1. The first kappa shape index (κ1) is 31.2. The Balaban J connectivity index is 2.71. The summed E-state index contributed by atoms with van der Waals surface area (Å²) in [6.45, 7) is 19.1. The zero-order valence-electron chi connectivity index (χ0n) is 23.1. The predicted octanol–water partition coefficient (Wildman–Crippen LogP) is 6.66. The smallest absolute Gasteiger partial charge is 0.338 e. The lowest BCUT2D eigenvalue weighted by atomic mass is 10.1. The fourth-order valence-corrected chi connectivity index (χ4v) is 4.16. The monoisotopic (exact) mass is 499 g/mol. The van der Waals surface area contributed by atoms with Crippen LogP contribution >= 0.6 is 0 Å². The van der Waals surface area contributed by atoms with Gasteiger partial charge in [0.25, 0.3) is 5.91 Å². The van der Waals surface area contributed by atoms with Gasteiger partial charge >= 0.3 is 5.97 Å². The first-order chi connectivity index (χ1) is 17.4. The summed E-state index contributed by atoms with van der Waals surface area (Å²) in [6.07, 6.45) is 10.5. The van der Waals surface area contributed by atoms with Crippen molar-refractivity contribution in [1.29, 1.82) is 0 Å². The molecule has 36 heavy (non-hydrogen) atoms. The Labute approximate surface area is 218 Å². The highest BCUT2D eigenvalue weighted by molar-refractivity contribution is 6.06. The van der Waals surface area contributed by atoms with Crippen LogP contribution in [0, 0.1) is 0 Å². The Kier molecular flexibility index (Phi) is 15.2. The van der Waals surface area contributed by atoms with Gasteiger partial charge in [0.2, 0.25) is 0 Å². The molecule has 0 aliphatic heterocycles. The molecule has 1 amide bonds. The van der Waals surface area contributed by atoms with E-state index in [1.165, 1.54) is 6.42 Å². The Hall–Kier alpha value is -2.86. The number of carbonyl (C=O) groups is 2. The van der Waals surface area contributed by atoms with Crippen LogP contribution in [0.2, 0.25) is 0 Å². The van der Waals surface area contributed by atoms with E-state index in [-0.39, 0.29) is 11.9 Å². The highest BCUT2D eigenvalue weighted by atomic mass is 16.5. The van der Waals surface area contributed by atoms with Gasteiger partial charge in [0.05, 0.1) is 37.4 Å². The van der Waals surface area contributed by atoms with Gasteiger partial charge in [-0.05, 0) is 64.0 Å². The number of carbonyl (C=O) groups excluding carboxylic acids is 2. The van der Waals surface area contributed by atoms with Crippen molar-refractivity contribution < 1.29 is 23.5 Å². The molecule has 0 aliphatic rings. The largest absolute Gasteiger partial charge is 0.493 e. The van der Waals surface area contributed by atoms with Gasteiger partial charge in [-0.25, -0.2) is 4.79 Å². The van der Waals surface area contributed by atoms with Gasteiger partial charge in [-0.2, -0.15) is 0 Å². The summed E-state index contributed by atoms with van der Waals surface area (Å²) in [5.41, 5.74) is 1.49. The maximum absolute atomic E-state index is 12.9. The van der Waals surface area contributed by atoms with Crippen molar-refractivity contribution in [3.05, 3.63) is 66.0 Å². The lowest BCUT2D eigenvalue weighted by Gasteiger charge is -2.36. The number of unbranched alkanes of at least 4 members (excludes halogenated alkanes) is 3. The molecule has 1 aromatic rings. The highest BCUT2D eigenvalue weighted by Crippen LogP contribution is 2.18. The van der Waals surface area contributed by atoms with Gasteiger partial charge < -0.3 is 19.3 Å². The van der Waals surface area contributed by atoms with Gasteiger partial charge in [0.15, 0.2) is 0 Å². The van der Waals surface area contributed by atoms with Crippen molar-refractivity contribution in [1.82, 2.24) is 0 Å². The minimum atomic E-state index is -0.350. The average Bonchev–Trinajstić information content (AvgIpc) is 2.88. The fourth-order valence-electron chi connectivity index (χ4n) is 4.16. The van der Waals surface area contributed by atoms with Crippen LogP contribution in [-0.4, -0.2) is 55.8 Å². The molecule has 0 aliphatic carbocycles. The van der Waals surface area contributed by atoms with Gasteiger partial charge in [0, 0.05) is 5.69 Å². The number of hydrogen-bond acceptors (Lipinski definition) is 4. The van der Waals surface area contributed by atoms with Crippen LogP contribution < -0.4 is 5.32 Å². The molecule has 1 aromatic carbocycles. The molecule has 0 unspecified atom stereocenters. The zero-order valence-corrected chi connectivity index (χ0v) is 23.1. The first-order valence-electron chi connectivity index (χ1n) is 13.5. The molecule has 0 spiro atoms. The second-order valence-corrected chi connectivity index (χ2v) is 8.97. The number of likely N-dealkylation sites (N-methyl/N-ethyl adjacent to an activating group) is 1. The molecular formula is C30H47N2O4+. The Morgan fingerprint density at radius 1 is 0.917 bits per heavy atom. The van der Waals surface area contributed by atoms with Gasteiger partial charge in [0.1, 0.15) is 18.9 Å². The third-order valence-electron chi connectivity index (χ3n) is 6.54. The summed E-state index contributed by atoms with van der Waals surface area (Å²) in [5, 5.41) is 2.88. The number of amides is 1. The molecule has 6 nitrogen and oxygen atoms in total. The first-order valence-corrected chi connectivity index (χ1v) is 13.5. The second-order valence-electron chi connectivity index (χ2n) is 8.97. The third-order valence-corrected chi connectivity index (χ3v) is 6.54. The maximum atomic E-state index is 12.9. The highest BCUT2D eigenvalue weighted by Gasteiger charge is 2.22. The van der Waals surface area contributed by atoms with E-state index in [1.807, 2.05) is 0 Å². The SMILES string of the molecule is C=C/C=C(OCCCCCC)\C(=C/C)C(=O)Nc1ccc(C(=O)OCC[N+](CC)(CC)CCC)cc1. The molecule has 6 heteroatoms. The van der Waals surface area contributed by atoms with E-state index in [2.05, 4.69) is 39.6 Å². The molecule has 0 saturated carbocycles. The molecule has 0 heterocycles. The molecule has 0 radical (unpaired) electrons. The van der Waals surface area contributed by atoms with Gasteiger partial charge in [-0.3, -0.25) is 4.79 Å². The third kappa shape index (κ3) is 10.4. The topological polar surface area (TPSA) is 64.6 Å². The van der Waals surface area contributed by atoms with Crippen LogP contribution in [0.5, 0.6) is 0 Å². The number of esters is 1. The lowest BCUT2D eigenvalue weighted by Crippen LogP contribution is -2.50. The maximum Gasteiger partial charge on any atom is 0.338 e. The van der Waals surface area contributed by atoms with Gasteiger partial charge in [-0.1, -0.05) is 51.8 Å². The second kappa shape index (κ2) is 17.6. The number of quaternary nitrogens is 1. The zero-order chi connectivity index (χ0) is 26.8. The number of allylic oxidation sites excluding steroid dienone is 3. The summed E-state index contributed by atoms with van der Waals surface area (Å²) in [7, 11) is 0. The van der Waals surface area contributed by atoms with Crippen molar-refractivity contribution >= 4 is 17.6 Å². The summed E-state index contributed by atoms with van der Waals surface area (Å²) < 4.78 is 12.4. The van der Waals surface area contributed by atoms with E-state index in [9.17, 15) is 9.59 Å². The van der Waals surface area contributed by atoms with E-state index in [0.717, 1.165) is 56.3 Å². The molecule has 200 valence electrons. The molecule has 1 N–H and O–H groups in total. The predicted molar refractivity (Wildman–Crippen MR) is 149 cm³/mol. The molecule has 0 bridgehead atoms. The van der Waals surface area contributed by atoms with Crippen molar-refractivity contribution in [3.63, 3.8) is 0 Å². The van der Waals surface area contributed by atoms with Crippen molar-refractivity contribution in [2.45, 2.75) is 66.7 Å². The summed E-state index contributed by atoms with van der Waals surface area (Å²) in [4.78, 5) is 25.5. The number of hydrogen-bond donors (Lipinski definition) is 1. The Morgan fingerprint density at radius 2 is 1.61 bits per heavy atom. The van der Waals surface area contributed by atoms with Crippen molar-refractivity contribution in [2.24, 2.45) is 0 Å². The quantitative estimate of drug-likeness (QED) is 0.0612. The number of ether oxygens (including phenoxy) is 2. The molecule has 0 aromatic heterocycles. The van der Waals surface area contributed by atoms with Crippen LogP contribution in [0.25, 0.3) is 0 Å². The fraction of sp³-hybridized carbons (Fsp3) is 0.533. The van der Waals surface area contributed by atoms with Gasteiger partial charge in [-0.15, -0.1) is 0 Å². The normalized spacial score (nSPS) is 12.2. The van der Waals surface area contributed by atoms with Crippen LogP contribution in [-0.2, 0) is 14.3 Å². The number of nitrogens with zero attached hydrogens (tertiary/aromatic N) is 1. The van der Waals surface area contributed by atoms with E-state index >= 15 is 0 Å². The minimum Gasteiger partial charge on any atom is -0.493 e. The number of nitrogens with one attached hydrogen (secondary N) is 1. The van der Waals surface area contributed by atoms with E-state index < -0.39 is 0 Å². The van der Waals surface area contributed by atoms with Crippen molar-refractivity contribution in [2.75, 3.05) is 44.7 Å². The van der Waals surface area contributed by atoms with Crippen LogP contribution in [0.4, 0.5) is 5.69 Å². The van der Waals surface area contributed by atoms with E-state index in [1.54, 1.807) is 49.4 Å². The standard InChI is InChI=1S/C30H46N2O4/c1-7-13-14-15-23-35-28(16-8-2)27(10-4)29(33)31-26-19-17-25(18-20-26)30(34)36-24-22-32(11-5,12-6)21-9-3/h8,10,16-20H,2,7,9,11-15,21-24H2,1,3-6H3/p+1/b27-10+,28-16+. The summed E-state index contributed by atoms with van der Waals surface area (Å²) in [5.74, 6) is -0.131. The molecule has 0 atom stereocenters. The molecule has 0 fully saturated rings. The van der Waals surface area contributed by atoms with E-state index in [4.69, 9.17) is 9.47 Å². The van der Waals surface area contributed by atoms with Crippen molar-refractivity contribution in [3.8, 4) is 0 Å². The Bertz CT molecular complexity index is 867. The minimum absolute atomic E-state index is 0.279.